The van der Waals surface area contributed by atoms with Crippen molar-refractivity contribution < 1.29 is 4.79 Å². The van der Waals surface area contributed by atoms with Gasteiger partial charge in [-0.1, -0.05) is 31.2 Å². The first kappa shape index (κ1) is 18.0. The van der Waals surface area contributed by atoms with Crippen molar-refractivity contribution in [3.8, 4) is 0 Å². The Hall–Kier alpha value is -2.30. The van der Waals surface area contributed by atoms with Crippen molar-refractivity contribution in [3.05, 3.63) is 42.0 Å². The van der Waals surface area contributed by atoms with Gasteiger partial charge in [-0.25, -0.2) is 4.99 Å². The molecule has 0 aromatic heterocycles. The lowest BCUT2D eigenvalue weighted by Crippen LogP contribution is -2.42. The van der Waals surface area contributed by atoms with Gasteiger partial charge in [0.2, 0.25) is 5.91 Å². The molecule has 130 valence electrons. The summed E-state index contributed by atoms with van der Waals surface area (Å²) in [5, 5.41) is 9.64. The molecule has 1 amide bonds. The Labute approximate surface area is 144 Å². The first-order chi connectivity index (χ1) is 11.7. The molecule has 1 aromatic rings. The molecule has 2 rings (SSSR count). The van der Waals surface area contributed by atoms with Crippen LogP contribution >= 0.6 is 0 Å². The number of nitrogens with zero attached hydrogens (tertiary/aromatic N) is 1. The van der Waals surface area contributed by atoms with Crippen molar-refractivity contribution in [1.29, 1.82) is 0 Å². The Morgan fingerprint density at radius 2 is 1.88 bits per heavy atom. The van der Waals surface area contributed by atoms with Gasteiger partial charge in [-0.05, 0) is 43.9 Å². The topological polar surface area (TPSA) is 65.5 Å². The predicted molar refractivity (Wildman–Crippen MR) is 100 cm³/mol. The van der Waals surface area contributed by atoms with Gasteiger partial charge in [0.15, 0.2) is 5.96 Å². The fourth-order valence-corrected chi connectivity index (χ4v) is 2.56. The number of carbonyl (C=O) groups excluding carboxylic acids is 1. The molecule has 0 saturated carbocycles. The van der Waals surface area contributed by atoms with E-state index >= 15 is 0 Å². The first-order valence-corrected chi connectivity index (χ1v) is 8.80. The molecule has 0 radical (unpaired) electrons. The van der Waals surface area contributed by atoms with E-state index in [-0.39, 0.29) is 5.91 Å². The maximum absolute atomic E-state index is 11.6. The van der Waals surface area contributed by atoms with Gasteiger partial charge < -0.3 is 16.0 Å². The van der Waals surface area contributed by atoms with E-state index in [2.05, 4.69) is 40.0 Å². The van der Waals surface area contributed by atoms with E-state index in [9.17, 15) is 4.79 Å². The number of rotatable bonds is 7. The minimum Gasteiger partial charge on any atom is -0.357 e. The number of benzene rings is 1. The molecule has 3 N–H and O–H groups in total. The molecular weight excluding hydrogens is 300 g/mol. The molecular formula is C19H28N4O. The Bertz CT molecular complexity index is 570. The van der Waals surface area contributed by atoms with Crippen molar-refractivity contribution in [2.45, 2.75) is 52.1 Å². The van der Waals surface area contributed by atoms with Gasteiger partial charge in [-0.15, -0.1) is 0 Å². The number of carbonyl (C=O) groups is 1. The quantitative estimate of drug-likeness (QED) is 0.409. The molecule has 24 heavy (non-hydrogen) atoms. The van der Waals surface area contributed by atoms with Crippen LogP contribution in [0.2, 0.25) is 0 Å². The summed E-state index contributed by atoms with van der Waals surface area (Å²) in [6, 6.07) is 8.32. The largest absolute Gasteiger partial charge is 0.357 e. The summed E-state index contributed by atoms with van der Waals surface area (Å²) in [4.78, 5) is 16.2. The van der Waals surface area contributed by atoms with E-state index in [0.717, 1.165) is 43.0 Å². The van der Waals surface area contributed by atoms with Gasteiger partial charge in [0.1, 0.15) is 0 Å². The highest BCUT2D eigenvalue weighted by Gasteiger charge is 2.11. The minimum absolute atomic E-state index is 0.0621. The van der Waals surface area contributed by atoms with Crippen LogP contribution in [0.1, 0.15) is 45.1 Å². The van der Waals surface area contributed by atoms with E-state index in [0.29, 0.717) is 19.0 Å². The standard InChI is InChI=1S/C19H28N4O/c1-3-7-18(24)22-17-12-10-15(11-13-17)14-21-19(20-4-2)23-16-8-5-6-9-16/h5-6,10-13,16H,3-4,7-9,14H2,1-2H3,(H,22,24)(H2,20,21,23). The second-order valence-corrected chi connectivity index (χ2v) is 5.97. The monoisotopic (exact) mass is 328 g/mol. The molecule has 1 aliphatic carbocycles. The van der Waals surface area contributed by atoms with Crippen LogP contribution < -0.4 is 16.0 Å². The third-order valence-corrected chi connectivity index (χ3v) is 3.83. The fourth-order valence-electron chi connectivity index (χ4n) is 2.56. The molecule has 1 aromatic carbocycles. The van der Waals surface area contributed by atoms with E-state index in [1.54, 1.807) is 0 Å². The van der Waals surface area contributed by atoms with Gasteiger partial charge in [0.25, 0.3) is 0 Å². The number of guanidine groups is 1. The lowest BCUT2D eigenvalue weighted by atomic mass is 10.2. The summed E-state index contributed by atoms with van der Waals surface area (Å²) in [7, 11) is 0. The maximum atomic E-state index is 11.6. The molecule has 0 aliphatic heterocycles. The highest BCUT2D eigenvalue weighted by molar-refractivity contribution is 5.90. The number of anilines is 1. The molecule has 0 spiro atoms. The van der Waals surface area contributed by atoms with Crippen LogP contribution in [0.5, 0.6) is 0 Å². The van der Waals surface area contributed by atoms with Gasteiger partial charge in [0.05, 0.1) is 6.54 Å². The third kappa shape index (κ3) is 6.07. The highest BCUT2D eigenvalue weighted by atomic mass is 16.1. The Morgan fingerprint density at radius 3 is 2.50 bits per heavy atom. The number of aliphatic imine (C=N–C) groups is 1. The van der Waals surface area contributed by atoms with E-state index in [1.165, 1.54) is 0 Å². The van der Waals surface area contributed by atoms with E-state index < -0.39 is 0 Å². The van der Waals surface area contributed by atoms with Crippen LogP contribution in [0.3, 0.4) is 0 Å². The lowest BCUT2D eigenvalue weighted by Gasteiger charge is -2.16. The van der Waals surface area contributed by atoms with Crippen molar-refractivity contribution >= 4 is 17.6 Å². The van der Waals surface area contributed by atoms with Crippen LogP contribution in [0.4, 0.5) is 5.69 Å². The van der Waals surface area contributed by atoms with Crippen LogP contribution in [0, 0.1) is 0 Å². The van der Waals surface area contributed by atoms with Gasteiger partial charge in [-0.3, -0.25) is 4.79 Å². The van der Waals surface area contributed by atoms with Crippen LogP contribution in [0.15, 0.2) is 41.4 Å². The summed E-state index contributed by atoms with van der Waals surface area (Å²) >= 11 is 0. The zero-order chi connectivity index (χ0) is 17.2. The number of hydrogen-bond acceptors (Lipinski definition) is 2. The second kappa shape index (κ2) is 9.75. The molecule has 0 bridgehead atoms. The summed E-state index contributed by atoms with van der Waals surface area (Å²) in [6.45, 7) is 5.52. The Kier molecular flexibility index (Phi) is 7.33. The van der Waals surface area contributed by atoms with Crippen molar-refractivity contribution in [3.63, 3.8) is 0 Å². The zero-order valence-electron chi connectivity index (χ0n) is 14.6. The molecule has 0 unspecified atom stereocenters. The third-order valence-electron chi connectivity index (χ3n) is 3.83. The van der Waals surface area contributed by atoms with Crippen molar-refractivity contribution in [2.24, 2.45) is 4.99 Å². The second-order valence-electron chi connectivity index (χ2n) is 5.97. The summed E-state index contributed by atoms with van der Waals surface area (Å²) in [5.41, 5.74) is 1.95. The van der Waals surface area contributed by atoms with Crippen molar-refractivity contribution in [1.82, 2.24) is 10.6 Å². The summed E-state index contributed by atoms with van der Waals surface area (Å²) in [5.74, 6) is 0.915. The zero-order valence-corrected chi connectivity index (χ0v) is 14.6. The number of hydrogen-bond donors (Lipinski definition) is 3. The Morgan fingerprint density at radius 1 is 1.17 bits per heavy atom. The summed E-state index contributed by atoms with van der Waals surface area (Å²) < 4.78 is 0. The molecule has 5 heteroatoms. The minimum atomic E-state index is 0.0621. The molecule has 5 nitrogen and oxygen atoms in total. The molecule has 0 saturated heterocycles. The van der Waals surface area contributed by atoms with Crippen LogP contribution in [0.25, 0.3) is 0 Å². The average molecular weight is 328 g/mol. The molecule has 0 fully saturated rings. The SMILES string of the molecule is CCCC(=O)Nc1ccc(CN=C(NCC)NC2CC=CC2)cc1. The van der Waals surface area contributed by atoms with Gasteiger partial charge in [0, 0.05) is 24.7 Å². The maximum Gasteiger partial charge on any atom is 0.224 e. The predicted octanol–water partition coefficient (Wildman–Crippen LogP) is 3.20. The molecule has 0 atom stereocenters. The first-order valence-electron chi connectivity index (χ1n) is 8.80. The van der Waals surface area contributed by atoms with E-state index in [1.807, 2.05) is 31.2 Å². The summed E-state index contributed by atoms with van der Waals surface area (Å²) in [6.07, 6.45) is 7.92. The van der Waals surface area contributed by atoms with E-state index in [4.69, 9.17) is 0 Å². The normalized spacial score (nSPS) is 14.7. The van der Waals surface area contributed by atoms with Crippen LogP contribution in [-0.4, -0.2) is 24.5 Å². The molecule has 0 heterocycles. The molecule has 1 aliphatic rings. The fraction of sp³-hybridized carbons (Fsp3) is 0.474. The highest BCUT2D eigenvalue weighted by Crippen LogP contribution is 2.12. The smallest absolute Gasteiger partial charge is 0.224 e. The van der Waals surface area contributed by atoms with Crippen molar-refractivity contribution in [2.75, 3.05) is 11.9 Å². The van der Waals surface area contributed by atoms with Crippen LogP contribution in [-0.2, 0) is 11.3 Å². The number of amides is 1. The Balaban J connectivity index is 1.89. The van der Waals surface area contributed by atoms with Gasteiger partial charge in [-0.2, -0.15) is 0 Å². The average Bonchev–Trinajstić information content (AvgIpc) is 3.07. The lowest BCUT2D eigenvalue weighted by molar-refractivity contribution is -0.116. The number of nitrogens with one attached hydrogen (secondary N) is 3. The van der Waals surface area contributed by atoms with Gasteiger partial charge >= 0.3 is 0 Å².